The van der Waals surface area contributed by atoms with Crippen LogP contribution in [0, 0.1) is 0 Å². The summed E-state index contributed by atoms with van der Waals surface area (Å²) < 4.78 is 0. The lowest BCUT2D eigenvalue weighted by Crippen LogP contribution is -2.52. The van der Waals surface area contributed by atoms with Crippen LogP contribution in [0.4, 0.5) is 0 Å². The predicted molar refractivity (Wildman–Crippen MR) is 138 cm³/mol. The summed E-state index contributed by atoms with van der Waals surface area (Å²) in [7, 11) is -1.76. The summed E-state index contributed by atoms with van der Waals surface area (Å²) in [5.74, 6) is 0. The lowest BCUT2D eigenvalue weighted by Gasteiger charge is -2.22. The number of hydrogen-bond acceptors (Lipinski definition) is 0. The molecule has 0 spiro atoms. The van der Waals surface area contributed by atoms with Crippen molar-refractivity contribution in [3.63, 3.8) is 0 Å². The normalized spacial score (nSPS) is 11.5. The zero-order valence-electron chi connectivity index (χ0n) is 17.2. The minimum absolute atomic E-state index is 1.32. The zero-order chi connectivity index (χ0) is 20.6. The maximum atomic E-state index is 2.36. The highest BCUT2D eigenvalue weighted by Gasteiger charge is 2.24. The molecule has 0 saturated carbocycles. The van der Waals surface area contributed by atoms with Crippen molar-refractivity contribution in [3.05, 3.63) is 127 Å². The van der Waals surface area contributed by atoms with Crippen LogP contribution in [-0.2, 0) is 0 Å². The minimum Gasteiger partial charge on any atom is -0.0619 e. The summed E-state index contributed by atoms with van der Waals surface area (Å²) >= 11 is 0. The van der Waals surface area contributed by atoms with E-state index in [4.69, 9.17) is 0 Å². The van der Waals surface area contributed by atoms with E-state index < -0.39 is 8.80 Å². The van der Waals surface area contributed by atoms with Crippen molar-refractivity contribution < 1.29 is 0 Å². The van der Waals surface area contributed by atoms with E-state index in [2.05, 4.69) is 127 Å². The molecule has 0 heterocycles. The summed E-state index contributed by atoms with van der Waals surface area (Å²) in [5.41, 5.74) is 0. The van der Waals surface area contributed by atoms with Crippen LogP contribution in [0.5, 0.6) is 0 Å². The van der Waals surface area contributed by atoms with Gasteiger partial charge in [-0.05, 0) is 47.9 Å². The van der Waals surface area contributed by atoms with Crippen molar-refractivity contribution >= 4 is 56.7 Å². The molecule has 6 aromatic rings. The van der Waals surface area contributed by atoms with Crippen LogP contribution in [0.15, 0.2) is 127 Å². The van der Waals surface area contributed by atoms with Gasteiger partial charge in [0.05, 0.1) is 0 Å². The lowest BCUT2D eigenvalue weighted by molar-refractivity contribution is 1.75. The average molecular weight is 411 g/mol. The molecule has 1 heteroatoms. The highest BCUT2D eigenvalue weighted by atomic mass is 28.3. The fourth-order valence-corrected chi connectivity index (χ4v) is 8.65. The van der Waals surface area contributed by atoms with Crippen LogP contribution in [0.3, 0.4) is 0 Å². The Hall–Kier alpha value is -3.68. The summed E-state index contributed by atoms with van der Waals surface area (Å²) in [5, 5.41) is 12.6. The highest BCUT2D eigenvalue weighted by Crippen LogP contribution is 2.18. The van der Waals surface area contributed by atoms with E-state index in [-0.39, 0.29) is 0 Å². The second-order valence-electron chi connectivity index (χ2n) is 8.14. The molecular formula is C30H22Si. The molecule has 0 radical (unpaired) electrons. The van der Waals surface area contributed by atoms with Gasteiger partial charge >= 0.3 is 0 Å². The molecule has 0 aliphatic carbocycles. The Labute approximate surface area is 184 Å². The number of benzene rings is 6. The smallest absolute Gasteiger partial charge is 0.0619 e. The van der Waals surface area contributed by atoms with Crippen molar-refractivity contribution in [2.75, 3.05) is 0 Å². The molecule has 146 valence electrons. The van der Waals surface area contributed by atoms with Crippen LogP contribution < -0.4 is 15.6 Å². The molecule has 0 nitrogen and oxygen atoms in total. The SMILES string of the molecule is c1ccc2c([SiH](c3cccc4ccccc34)c3cccc4ccccc34)cccc2c1. The monoisotopic (exact) mass is 410 g/mol. The molecule has 31 heavy (non-hydrogen) atoms. The average Bonchev–Trinajstić information content (AvgIpc) is 2.85. The molecule has 0 aliphatic rings. The van der Waals surface area contributed by atoms with E-state index in [0.717, 1.165) is 0 Å². The van der Waals surface area contributed by atoms with E-state index in [0.29, 0.717) is 0 Å². The molecule has 6 aromatic carbocycles. The van der Waals surface area contributed by atoms with Crippen LogP contribution >= 0.6 is 0 Å². The molecular weight excluding hydrogens is 388 g/mol. The number of fused-ring (bicyclic) bond motifs is 3. The van der Waals surface area contributed by atoms with Crippen molar-refractivity contribution in [2.24, 2.45) is 0 Å². The van der Waals surface area contributed by atoms with Gasteiger partial charge in [-0.2, -0.15) is 0 Å². The fraction of sp³-hybridized carbons (Fsp3) is 0. The Morgan fingerprint density at radius 3 is 0.935 bits per heavy atom. The molecule has 0 aromatic heterocycles. The van der Waals surface area contributed by atoms with Gasteiger partial charge in [0.2, 0.25) is 0 Å². The van der Waals surface area contributed by atoms with E-state index in [1.165, 1.54) is 47.9 Å². The van der Waals surface area contributed by atoms with Gasteiger partial charge in [-0.15, -0.1) is 0 Å². The van der Waals surface area contributed by atoms with Crippen LogP contribution in [0.2, 0.25) is 0 Å². The van der Waals surface area contributed by atoms with Gasteiger partial charge < -0.3 is 0 Å². The number of hydrogen-bond donors (Lipinski definition) is 0. The molecule has 0 aliphatic heterocycles. The molecule has 0 saturated heterocycles. The van der Waals surface area contributed by atoms with E-state index in [1.54, 1.807) is 0 Å². The zero-order valence-corrected chi connectivity index (χ0v) is 18.4. The summed E-state index contributed by atoms with van der Waals surface area (Å²) in [6.45, 7) is 0. The second kappa shape index (κ2) is 7.53. The third-order valence-corrected chi connectivity index (χ3v) is 9.78. The molecule has 0 unspecified atom stereocenters. The van der Waals surface area contributed by atoms with E-state index in [9.17, 15) is 0 Å². The van der Waals surface area contributed by atoms with Crippen LogP contribution in [0.25, 0.3) is 32.3 Å². The molecule has 0 fully saturated rings. The fourth-order valence-electron chi connectivity index (χ4n) is 5.01. The third-order valence-electron chi connectivity index (χ3n) is 6.40. The molecule has 6 rings (SSSR count). The largest absolute Gasteiger partial charge is 0.135 e. The van der Waals surface area contributed by atoms with Gasteiger partial charge in [-0.3, -0.25) is 0 Å². The van der Waals surface area contributed by atoms with Gasteiger partial charge in [0.15, 0.2) is 0 Å². The Balaban J connectivity index is 1.75. The van der Waals surface area contributed by atoms with Gasteiger partial charge in [-0.1, -0.05) is 127 Å². The molecule has 0 N–H and O–H groups in total. The van der Waals surface area contributed by atoms with Gasteiger partial charge in [0, 0.05) is 0 Å². The first-order valence-corrected chi connectivity index (χ1v) is 12.6. The van der Waals surface area contributed by atoms with Crippen LogP contribution in [-0.4, -0.2) is 8.80 Å². The molecule has 0 amide bonds. The standard InChI is InChI=1S/C30H22Si/c1-4-16-25-22(10-1)13-7-19-28(25)31(29-20-8-14-23-11-2-5-17-26(23)29)30-21-9-15-24-12-3-6-18-27(24)30/h1-21,31H. The Morgan fingerprint density at radius 2 is 0.581 bits per heavy atom. The maximum Gasteiger partial charge on any atom is 0.135 e. The van der Waals surface area contributed by atoms with Gasteiger partial charge in [-0.25, -0.2) is 0 Å². The second-order valence-corrected chi connectivity index (χ2v) is 10.9. The van der Waals surface area contributed by atoms with Gasteiger partial charge in [0.1, 0.15) is 8.80 Å². The number of rotatable bonds is 3. The van der Waals surface area contributed by atoms with Crippen molar-refractivity contribution in [1.29, 1.82) is 0 Å². The quantitative estimate of drug-likeness (QED) is 0.271. The predicted octanol–water partition coefficient (Wildman–Crippen LogP) is 5.39. The van der Waals surface area contributed by atoms with Crippen LogP contribution in [0.1, 0.15) is 0 Å². The summed E-state index contributed by atoms with van der Waals surface area (Å²) in [4.78, 5) is 0. The third kappa shape index (κ3) is 3.06. The van der Waals surface area contributed by atoms with Crippen molar-refractivity contribution in [1.82, 2.24) is 0 Å². The van der Waals surface area contributed by atoms with Crippen molar-refractivity contribution in [3.8, 4) is 0 Å². The van der Waals surface area contributed by atoms with E-state index >= 15 is 0 Å². The topological polar surface area (TPSA) is 0 Å². The first-order chi connectivity index (χ1) is 15.4. The Morgan fingerprint density at radius 1 is 0.290 bits per heavy atom. The van der Waals surface area contributed by atoms with Crippen molar-refractivity contribution in [2.45, 2.75) is 0 Å². The summed E-state index contributed by atoms with van der Waals surface area (Å²) in [6, 6.07) is 47.0. The molecule has 0 atom stereocenters. The minimum atomic E-state index is -1.76. The summed E-state index contributed by atoms with van der Waals surface area (Å²) in [6.07, 6.45) is 0. The molecule has 0 bridgehead atoms. The van der Waals surface area contributed by atoms with E-state index in [1.807, 2.05) is 0 Å². The lowest BCUT2D eigenvalue weighted by atomic mass is 10.1. The Kier molecular flexibility index (Phi) is 4.40. The highest BCUT2D eigenvalue weighted by molar-refractivity contribution is 6.99. The first-order valence-electron chi connectivity index (χ1n) is 10.8. The first kappa shape index (κ1) is 18.1. The Bertz CT molecular complexity index is 1340. The van der Waals surface area contributed by atoms with Gasteiger partial charge in [0.25, 0.3) is 0 Å². The maximum absolute atomic E-state index is 2.36.